The van der Waals surface area contributed by atoms with Gasteiger partial charge in [-0.3, -0.25) is 9.59 Å². The van der Waals surface area contributed by atoms with E-state index in [1.165, 1.54) is 0 Å². The maximum Gasteiger partial charge on any atom is 0.236 e. The minimum absolute atomic E-state index is 0.0144. The van der Waals surface area contributed by atoms with E-state index in [1.807, 2.05) is 11.8 Å². The van der Waals surface area contributed by atoms with Gasteiger partial charge in [0.05, 0.1) is 37.3 Å². The fourth-order valence-corrected chi connectivity index (χ4v) is 4.72. The quantitative estimate of drug-likeness (QED) is 0.438. The number of carbonyl (C=O) groups is 3. The molecule has 0 aromatic rings. The third-order valence-corrected chi connectivity index (χ3v) is 6.71. The van der Waals surface area contributed by atoms with E-state index in [-0.39, 0.29) is 54.8 Å². The van der Waals surface area contributed by atoms with Crippen LogP contribution in [0.3, 0.4) is 0 Å². The second-order valence-corrected chi connectivity index (χ2v) is 8.74. The maximum absolute atomic E-state index is 13.4. The van der Waals surface area contributed by atoms with Crippen molar-refractivity contribution in [2.45, 2.75) is 77.2 Å². The Kier molecular flexibility index (Phi) is 12.3. The monoisotopic (exact) mass is 441 g/mol. The lowest BCUT2D eigenvalue weighted by atomic mass is 9.88. The molecule has 0 spiro atoms. The summed E-state index contributed by atoms with van der Waals surface area (Å²) in [6.07, 6.45) is 3.95. The summed E-state index contributed by atoms with van der Waals surface area (Å²) in [6, 6.07) is -0.343. The molecule has 6 unspecified atom stereocenters. The van der Waals surface area contributed by atoms with Crippen molar-refractivity contribution in [3.63, 3.8) is 0 Å². The molecule has 31 heavy (non-hydrogen) atoms. The summed E-state index contributed by atoms with van der Waals surface area (Å²) in [5, 5.41) is 2.90. The predicted molar refractivity (Wildman–Crippen MR) is 121 cm³/mol. The molecular weight excluding hydrogens is 398 g/mol. The first kappa shape index (κ1) is 27.5. The van der Waals surface area contributed by atoms with Crippen LogP contribution in [-0.2, 0) is 23.9 Å². The number of rotatable bonds is 13. The molecule has 0 aromatic heterocycles. The van der Waals surface area contributed by atoms with Crippen LogP contribution >= 0.6 is 0 Å². The summed E-state index contributed by atoms with van der Waals surface area (Å²) in [4.78, 5) is 41.0. The largest absolute Gasteiger partial charge is 0.379 e. The first-order valence-corrected chi connectivity index (χ1v) is 11.5. The Morgan fingerprint density at radius 1 is 1.23 bits per heavy atom. The molecule has 1 aliphatic heterocycles. The van der Waals surface area contributed by atoms with E-state index in [0.29, 0.717) is 6.54 Å². The molecule has 1 saturated heterocycles. The Balaban J connectivity index is 3.07. The zero-order valence-electron chi connectivity index (χ0n) is 20.4. The lowest BCUT2D eigenvalue weighted by molar-refractivity contribution is -0.148. The molecule has 1 rings (SSSR count). The molecule has 0 saturated carbocycles. The minimum atomic E-state index is -0.416. The van der Waals surface area contributed by atoms with Crippen LogP contribution in [-0.4, -0.2) is 93.6 Å². The summed E-state index contributed by atoms with van der Waals surface area (Å²) in [6.45, 7) is 6.88. The molecule has 180 valence electrons. The van der Waals surface area contributed by atoms with Gasteiger partial charge in [0, 0.05) is 33.7 Å². The zero-order chi connectivity index (χ0) is 23.6. The van der Waals surface area contributed by atoms with Crippen molar-refractivity contribution in [3.8, 4) is 0 Å². The number of likely N-dealkylation sites (N-methyl/N-ethyl adjacent to an activating group) is 2. The van der Waals surface area contributed by atoms with Gasteiger partial charge in [-0.2, -0.15) is 0 Å². The SMILES string of the molecule is CCC(C)C(C(CC(=O)N1CCCCC1C(OC)C(C)C=O)OC)N(C)C(=O)CNC. The molecule has 8 heteroatoms. The van der Waals surface area contributed by atoms with Gasteiger partial charge in [-0.25, -0.2) is 0 Å². The molecule has 0 bridgehead atoms. The van der Waals surface area contributed by atoms with Crippen molar-refractivity contribution >= 4 is 18.1 Å². The molecule has 8 nitrogen and oxygen atoms in total. The average Bonchev–Trinajstić information content (AvgIpc) is 2.78. The normalized spacial score (nSPS) is 21.6. The summed E-state index contributed by atoms with van der Waals surface area (Å²) in [5.74, 6) is -0.167. The third kappa shape index (κ3) is 7.26. The summed E-state index contributed by atoms with van der Waals surface area (Å²) in [7, 11) is 6.72. The van der Waals surface area contributed by atoms with Gasteiger partial charge in [0.25, 0.3) is 0 Å². The van der Waals surface area contributed by atoms with Crippen molar-refractivity contribution in [2.75, 3.05) is 41.4 Å². The zero-order valence-corrected chi connectivity index (χ0v) is 20.4. The van der Waals surface area contributed by atoms with E-state index in [9.17, 15) is 14.4 Å². The van der Waals surface area contributed by atoms with Crippen LogP contribution in [0.4, 0.5) is 0 Å². The van der Waals surface area contributed by atoms with Crippen molar-refractivity contribution in [1.29, 1.82) is 0 Å². The highest BCUT2D eigenvalue weighted by Gasteiger charge is 2.39. The molecule has 6 atom stereocenters. The Morgan fingerprint density at radius 2 is 1.90 bits per heavy atom. The van der Waals surface area contributed by atoms with Gasteiger partial charge in [0.1, 0.15) is 6.29 Å². The smallest absolute Gasteiger partial charge is 0.236 e. The number of hydrogen-bond acceptors (Lipinski definition) is 6. The highest BCUT2D eigenvalue weighted by atomic mass is 16.5. The number of amides is 2. The van der Waals surface area contributed by atoms with E-state index >= 15 is 0 Å². The van der Waals surface area contributed by atoms with Crippen LogP contribution in [0.1, 0.15) is 52.9 Å². The number of hydrogen-bond donors (Lipinski definition) is 1. The number of piperidine rings is 1. The van der Waals surface area contributed by atoms with E-state index < -0.39 is 6.10 Å². The topological polar surface area (TPSA) is 88.2 Å². The maximum atomic E-state index is 13.4. The van der Waals surface area contributed by atoms with Crippen LogP contribution in [0, 0.1) is 11.8 Å². The first-order chi connectivity index (χ1) is 14.8. The van der Waals surface area contributed by atoms with Gasteiger partial charge in [-0.1, -0.05) is 27.2 Å². The molecule has 1 aliphatic rings. The molecule has 0 radical (unpaired) electrons. The van der Waals surface area contributed by atoms with Crippen molar-refractivity contribution in [1.82, 2.24) is 15.1 Å². The average molecular weight is 442 g/mol. The lowest BCUT2D eigenvalue weighted by Gasteiger charge is -2.43. The van der Waals surface area contributed by atoms with Crippen LogP contribution in [0.5, 0.6) is 0 Å². The number of ether oxygens (including phenoxy) is 2. The molecule has 1 N–H and O–H groups in total. The van der Waals surface area contributed by atoms with Gasteiger partial charge in [-0.05, 0) is 32.2 Å². The van der Waals surface area contributed by atoms with Gasteiger partial charge in [0.2, 0.25) is 11.8 Å². The fraction of sp³-hybridized carbons (Fsp3) is 0.870. The number of nitrogens with zero attached hydrogens (tertiary/aromatic N) is 2. The van der Waals surface area contributed by atoms with Crippen LogP contribution in [0.15, 0.2) is 0 Å². The third-order valence-electron chi connectivity index (χ3n) is 6.71. The van der Waals surface area contributed by atoms with Crippen molar-refractivity contribution in [2.24, 2.45) is 11.8 Å². The molecular formula is C23H43N3O5. The second-order valence-electron chi connectivity index (χ2n) is 8.74. The number of methoxy groups -OCH3 is 2. The summed E-state index contributed by atoms with van der Waals surface area (Å²) in [5.41, 5.74) is 0. The van der Waals surface area contributed by atoms with Gasteiger partial charge < -0.3 is 29.4 Å². The molecule has 1 heterocycles. The Morgan fingerprint density at radius 3 is 2.42 bits per heavy atom. The Hall–Kier alpha value is -1.51. The van der Waals surface area contributed by atoms with E-state index in [4.69, 9.17) is 9.47 Å². The van der Waals surface area contributed by atoms with Gasteiger partial charge >= 0.3 is 0 Å². The highest BCUT2D eigenvalue weighted by molar-refractivity contribution is 5.79. The van der Waals surface area contributed by atoms with Crippen molar-refractivity contribution < 1.29 is 23.9 Å². The van der Waals surface area contributed by atoms with Gasteiger partial charge in [-0.15, -0.1) is 0 Å². The summed E-state index contributed by atoms with van der Waals surface area (Å²) < 4.78 is 11.4. The van der Waals surface area contributed by atoms with Crippen LogP contribution in [0.25, 0.3) is 0 Å². The number of nitrogens with one attached hydrogen (secondary N) is 1. The number of likely N-dealkylation sites (tertiary alicyclic amines) is 1. The first-order valence-electron chi connectivity index (χ1n) is 11.5. The molecule has 0 aliphatic carbocycles. The molecule has 0 aromatic carbocycles. The van der Waals surface area contributed by atoms with Crippen molar-refractivity contribution in [3.05, 3.63) is 0 Å². The second kappa shape index (κ2) is 13.8. The van der Waals surface area contributed by atoms with Gasteiger partial charge in [0.15, 0.2) is 0 Å². The number of carbonyl (C=O) groups excluding carboxylic acids is 3. The van der Waals surface area contributed by atoms with Crippen LogP contribution in [0.2, 0.25) is 0 Å². The highest BCUT2D eigenvalue weighted by Crippen LogP contribution is 2.28. The number of aldehydes is 1. The molecule has 2 amide bonds. The van der Waals surface area contributed by atoms with E-state index in [1.54, 1.807) is 33.2 Å². The van der Waals surface area contributed by atoms with E-state index in [2.05, 4.69) is 19.2 Å². The lowest BCUT2D eigenvalue weighted by Crippen LogP contribution is -2.55. The summed E-state index contributed by atoms with van der Waals surface area (Å²) >= 11 is 0. The van der Waals surface area contributed by atoms with Crippen LogP contribution < -0.4 is 5.32 Å². The fourth-order valence-electron chi connectivity index (χ4n) is 4.72. The molecule has 1 fully saturated rings. The predicted octanol–water partition coefficient (Wildman–Crippen LogP) is 1.72. The van der Waals surface area contributed by atoms with E-state index in [0.717, 1.165) is 32.0 Å². The minimum Gasteiger partial charge on any atom is -0.379 e. The standard InChI is InChI=1S/C23H43N3O5/c1-8-16(2)22(25(5)21(29)14-24-4)19(30-6)13-20(28)26-12-10-9-11-18(26)23(31-7)17(3)15-27/h15-19,22-24H,8-14H2,1-7H3. The Bertz CT molecular complexity index is 573. The Labute approximate surface area is 188 Å².